The quantitative estimate of drug-likeness (QED) is 0.103. The second-order valence-corrected chi connectivity index (χ2v) is 18.9. The molecule has 0 radical (unpaired) electrons. The molecule has 2 heterocycles. The van der Waals surface area contributed by atoms with Crippen molar-refractivity contribution < 1.29 is 36.3 Å². The molecule has 4 atom stereocenters. The average Bonchev–Trinajstić information content (AvgIpc) is 3.73. The molecule has 10 nitrogen and oxygen atoms in total. The first kappa shape index (κ1) is 40.5. The van der Waals surface area contributed by atoms with Crippen LogP contribution in [0.15, 0.2) is 77.8 Å². The third kappa shape index (κ3) is 8.02. The van der Waals surface area contributed by atoms with E-state index in [-0.39, 0.29) is 41.1 Å². The monoisotopic (exact) mass is 828 g/mol. The Morgan fingerprint density at radius 1 is 1.03 bits per heavy atom. The molecule has 1 N–H and O–H groups in total. The number of esters is 1. The van der Waals surface area contributed by atoms with E-state index < -0.39 is 21.9 Å². The second kappa shape index (κ2) is 16.4. The molecule has 4 aromatic rings. The van der Waals surface area contributed by atoms with Crippen molar-refractivity contribution >= 4 is 33.4 Å². The van der Waals surface area contributed by atoms with Gasteiger partial charge in [0.1, 0.15) is 11.3 Å². The summed E-state index contributed by atoms with van der Waals surface area (Å²) in [6.07, 6.45) is 9.16. The molecule has 1 aromatic heterocycles. The van der Waals surface area contributed by atoms with Crippen LogP contribution in [0.3, 0.4) is 0 Å². The number of benzene rings is 3. The third-order valence-electron chi connectivity index (χ3n) is 12.9. The zero-order valence-electron chi connectivity index (χ0n) is 33.7. The first-order valence-electron chi connectivity index (χ1n) is 20.6. The third-order valence-corrected chi connectivity index (χ3v) is 14.5. The van der Waals surface area contributed by atoms with Gasteiger partial charge in [-0.2, -0.15) is 8.42 Å². The van der Waals surface area contributed by atoms with Crippen molar-refractivity contribution in [2.45, 2.75) is 113 Å². The molecule has 308 valence electrons. The molecule has 0 amide bonds. The van der Waals surface area contributed by atoms with E-state index in [2.05, 4.69) is 36.3 Å². The standard InChI is InChI=1S/C46H53ClN2O8S/c1-29-11-13-36(14-12-29)58(51,52)55-22-16-42-56-40-25-32-24-33(23-30(2)28-54-39-15-21-48-38-10-5-7-31(3)43(38)39)45(37(32)27-41(40)57-42)17-19-46(20-18-45,44(50)53-4)49-35-9-6-8-34(47)26-35/h6,8-9,11-15,21,25-27,30-31,33,42,49H,5,7,10,16-20,22-24,28H2,1-4H3/t30-,31-,33+,42?,45?,46?/m1/s1. The highest BCUT2D eigenvalue weighted by Gasteiger charge is 2.55. The first-order chi connectivity index (χ1) is 27.9. The number of aromatic nitrogens is 1. The fourth-order valence-corrected chi connectivity index (χ4v) is 11.0. The van der Waals surface area contributed by atoms with Crippen LogP contribution >= 0.6 is 11.6 Å². The molecule has 1 fully saturated rings. The number of pyridine rings is 1. The van der Waals surface area contributed by atoms with Crippen LogP contribution in [-0.4, -0.2) is 51.5 Å². The molecular formula is C46H53ClN2O8S. The van der Waals surface area contributed by atoms with Gasteiger partial charge in [-0.05, 0) is 148 Å². The van der Waals surface area contributed by atoms with Gasteiger partial charge in [0.05, 0.1) is 25.2 Å². The fourth-order valence-electron chi connectivity index (χ4n) is 9.93. The zero-order valence-corrected chi connectivity index (χ0v) is 35.3. The summed E-state index contributed by atoms with van der Waals surface area (Å²) < 4.78 is 55.6. The maximum absolute atomic E-state index is 13.6. The van der Waals surface area contributed by atoms with E-state index in [1.807, 2.05) is 43.5 Å². The van der Waals surface area contributed by atoms with Gasteiger partial charge >= 0.3 is 5.97 Å². The molecule has 0 bridgehead atoms. The van der Waals surface area contributed by atoms with Crippen LogP contribution in [-0.2, 0) is 42.1 Å². The lowest BCUT2D eigenvalue weighted by molar-refractivity contribution is -0.148. The van der Waals surface area contributed by atoms with Crippen molar-refractivity contribution in [2.75, 3.05) is 25.6 Å². The number of carbonyl (C=O) groups excluding carboxylic acids is 1. The molecule has 8 rings (SSSR count). The van der Waals surface area contributed by atoms with Crippen LogP contribution in [0.4, 0.5) is 5.69 Å². The van der Waals surface area contributed by atoms with E-state index in [0.29, 0.717) is 41.9 Å². The number of hydrogen-bond donors (Lipinski definition) is 1. The summed E-state index contributed by atoms with van der Waals surface area (Å²) in [5, 5.41) is 4.14. The van der Waals surface area contributed by atoms with Crippen LogP contribution in [0.25, 0.3) is 0 Å². The molecule has 1 saturated carbocycles. The van der Waals surface area contributed by atoms with Crippen molar-refractivity contribution in [3.63, 3.8) is 0 Å². The van der Waals surface area contributed by atoms with Gasteiger partial charge in [0.2, 0.25) is 6.29 Å². The minimum atomic E-state index is -3.91. The van der Waals surface area contributed by atoms with E-state index in [1.165, 1.54) is 23.8 Å². The smallest absolute Gasteiger partial charge is 0.331 e. The lowest BCUT2D eigenvalue weighted by Crippen LogP contribution is -2.53. The lowest BCUT2D eigenvalue weighted by atomic mass is 9.59. The number of carbonyl (C=O) groups is 1. The maximum Gasteiger partial charge on any atom is 0.331 e. The Labute approximate surface area is 347 Å². The Morgan fingerprint density at radius 3 is 2.53 bits per heavy atom. The topological polar surface area (TPSA) is 122 Å². The van der Waals surface area contributed by atoms with Gasteiger partial charge in [-0.1, -0.05) is 49.2 Å². The molecule has 58 heavy (non-hydrogen) atoms. The van der Waals surface area contributed by atoms with Crippen LogP contribution in [0.1, 0.15) is 99.1 Å². The van der Waals surface area contributed by atoms with E-state index in [4.69, 9.17) is 34.7 Å². The molecule has 0 saturated heterocycles. The number of ether oxygens (including phenoxy) is 4. The predicted octanol–water partition coefficient (Wildman–Crippen LogP) is 9.49. The van der Waals surface area contributed by atoms with Crippen LogP contribution in [0, 0.1) is 18.8 Å². The minimum Gasteiger partial charge on any atom is -0.493 e. The molecular weight excluding hydrogens is 776 g/mol. The second-order valence-electron chi connectivity index (χ2n) is 16.9. The average molecular weight is 829 g/mol. The summed E-state index contributed by atoms with van der Waals surface area (Å²) in [5.41, 5.74) is 5.46. The number of anilines is 1. The van der Waals surface area contributed by atoms with Crippen LogP contribution in [0.5, 0.6) is 17.2 Å². The largest absolute Gasteiger partial charge is 0.493 e. The minimum absolute atomic E-state index is 0.0863. The SMILES string of the molecule is COC(=O)C1(Nc2cccc(Cl)c2)CCC2(CC1)c1cc3c(cc1C[C@@H]2C[C@@H](C)COc1ccnc2c1[C@H](C)CCC2)OC(CCOS(=O)(=O)c1ccc(C)cc1)O3. The van der Waals surface area contributed by atoms with E-state index >= 15 is 0 Å². The Hall–Kier alpha value is -4.32. The molecule has 1 spiro atoms. The molecule has 12 heteroatoms. The summed E-state index contributed by atoms with van der Waals surface area (Å²) >= 11 is 6.36. The maximum atomic E-state index is 13.6. The Balaban J connectivity index is 1.01. The number of nitrogens with zero attached hydrogens (tertiary/aromatic N) is 1. The Morgan fingerprint density at radius 2 is 1.79 bits per heavy atom. The Bertz CT molecular complexity index is 2260. The first-order valence-corrected chi connectivity index (χ1v) is 22.4. The molecule has 1 unspecified atom stereocenters. The number of aryl methyl sites for hydroxylation is 2. The lowest BCUT2D eigenvalue weighted by Gasteiger charge is -2.47. The van der Waals surface area contributed by atoms with Crippen molar-refractivity contribution in [1.29, 1.82) is 0 Å². The Kier molecular flexibility index (Phi) is 11.4. The number of halogens is 1. The van der Waals surface area contributed by atoms with Gasteiger partial charge in [0, 0.05) is 34.6 Å². The van der Waals surface area contributed by atoms with Gasteiger partial charge < -0.3 is 24.3 Å². The summed E-state index contributed by atoms with van der Waals surface area (Å²) in [6.45, 7) is 6.95. The van der Waals surface area contributed by atoms with E-state index in [0.717, 1.165) is 67.6 Å². The molecule has 4 aliphatic rings. The van der Waals surface area contributed by atoms with Crippen molar-refractivity contribution in [2.24, 2.45) is 11.8 Å². The van der Waals surface area contributed by atoms with E-state index in [9.17, 15) is 13.2 Å². The van der Waals surface area contributed by atoms with Gasteiger partial charge in [-0.3, -0.25) is 9.17 Å². The summed E-state index contributed by atoms with van der Waals surface area (Å²) in [7, 11) is -2.46. The van der Waals surface area contributed by atoms with E-state index in [1.54, 1.807) is 24.3 Å². The molecule has 3 aromatic carbocycles. The normalized spacial score (nSPS) is 25.2. The summed E-state index contributed by atoms with van der Waals surface area (Å²) in [4.78, 5) is 18.4. The van der Waals surface area contributed by atoms with Crippen molar-refractivity contribution in [3.8, 4) is 17.2 Å². The van der Waals surface area contributed by atoms with Crippen molar-refractivity contribution in [1.82, 2.24) is 4.98 Å². The van der Waals surface area contributed by atoms with Gasteiger partial charge in [-0.25, -0.2) is 4.79 Å². The van der Waals surface area contributed by atoms with Gasteiger partial charge in [0.25, 0.3) is 10.1 Å². The summed E-state index contributed by atoms with van der Waals surface area (Å²) in [5.74, 6) is 2.94. The van der Waals surface area contributed by atoms with Crippen LogP contribution < -0.4 is 19.5 Å². The highest BCUT2D eigenvalue weighted by molar-refractivity contribution is 7.86. The highest BCUT2D eigenvalue weighted by Crippen LogP contribution is 2.58. The number of nitrogens with one attached hydrogen (secondary N) is 1. The fraction of sp³-hybridized carbons (Fsp3) is 0.478. The number of methoxy groups -OCH3 is 1. The van der Waals surface area contributed by atoms with Crippen molar-refractivity contribution in [3.05, 3.63) is 106 Å². The highest BCUT2D eigenvalue weighted by atomic mass is 35.5. The number of hydrogen-bond acceptors (Lipinski definition) is 10. The zero-order chi connectivity index (χ0) is 40.7. The van der Waals surface area contributed by atoms with Gasteiger partial charge in [0.15, 0.2) is 11.5 Å². The number of rotatable bonds is 13. The predicted molar refractivity (Wildman–Crippen MR) is 222 cm³/mol. The molecule has 1 aliphatic heterocycles. The van der Waals surface area contributed by atoms with Crippen LogP contribution in [0.2, 0.25) is 5.02 Å². The van der Waals surface area contributed by atoms with Gasteiger partial charge in [-0.15, -0.1) is 0 Å². The summed E-state index contributed by atoms with van der Waals surface area (Å²) in [6, 6.07) is 20.3. The molecule has 3 aliphatic carbocycles. The number of fused-ring (bicyclic) bond motifs is 4.